The van der Waals surface area contributed by atoms with Gasteiger partial charge in [-0.2, -0.15) is 0 Å². The average Bonchev–Trinajstić information content (AvgIpc) is 2.36. The molecular formula is C13H14Cl2N2O. The summed E-state index contributed by atoms with van der Waals surface area (Å²) in [7, 11) is 1.64. The third-order valence-corrected chi connectivity index (χ3v) is 3.08. The van der Waals surface area contributed by atoms with Crippen molar-refractivity contribution in [2.24, 2.45) is 0 Å². The number of fused-ring (bicyclic) bond motifs is 1. The fraction of sp³-hybridized carbons (Fsp3) is 0.308. The minimum absolute atomic E-state index is 0.0643. The van der Waals surface area contributed by atoms with Crippen LogP contribution in [0, 0.1) is 0 Å². The first-order valence-corrected chi connectivity index (χ1v) is 6.43. The van der Waals surface area contributed by atoms with Gasteiger partial charge < -0.3 is 10.1 Å². The number of benzene rings is 1. The van der Waals surface area contributed by atoms with Crippen LogP contribution in [0.25, 0.3) is 10.9 Å². The lowest BCUT2D eigenvalue weighted by atomic mass is 10.2. The van der Waals surface area contributed by atoms with Gasteiger partial charge in [-0.05, 0) is 24.3 Å². The highest BCUT2D eigenvalue weighted by molar-refractivity contribution is 6.31. The first-order valence-electron chi connectivity index (χ1n) is 5.62. The summed E-state index contributed by atoms with van der Waals surface area (Å²) in [6, 6.07) is 7.57. The fourth-order valence-corrected chi connectivity index (χ4v) is 2.11. The molecule has 2 aromatic rings. The summed E-state index contributed by atoms with van der Waals surface area (Å²) in [5, 5.41) is 4.95. The summed E-state index contributed by atoms with van der Waals surface area (Å²) in [6.07, 6.45) is 1.75. The molecule has 0 radical (unpaired) electrons. The molecule has 0 aliphatic carbocycles. The van der Waals surface area contributed by atoms with E-state index >= 15 is 0 Å². The molecule has 1 aromatic carbocycles. The Labute approximate surface area is 116 Å². The molecule has 0 bridgehead atoms. The van der Waals surface area contributed by atoms with E-state index in [-0.39, 0.29) is 5.38 Å². The van der Waals surface area contributed by atoms with Gasteiger partial charge in [0.05, 0.1) is 17.5 Å². The molecule has 5 heteroatoms. The van der Waals surface area contributed by atoms with Gasteiger partial charge in [0.2, 0.25) is 0 Å². The van der Waals surface area contributed by atoms with Crippen LogP contribution in [-0.2, 0) is 4.74 Å². The van der Waals surface area contributed by atoms with Gasteiger partial charge in [-0.1, -0.05) is 11.6 Å². The smallest absolute Gasteiger partial charge is 0.0741 e. The van der Waals surface area contributed by atoms with E-state index < -0.39 is 0 Å². The maximum absolute atomic E-state index is 6.08. The second-order valence-electron chi connectivity index (χ2n) is 3.95. The van der Waals surface area contributed by atoms with Crippen LogP contribution in [0.15, 0.2) is 30.5 Å². The van der Waals surface area contributed by atoms with Crippen LogP contribution in [0.3, 0.4) is 0 Å². The molecule has 0 amide bonds. The first kappa shape index (κ1) is 13.4. The number of aromatic nitrogens is 1. The van der Waals surface area contributed by atoms with Crippen LogP contribution < -0.4 is 5.32 Å². The van der Waals surface area contributed by atoms with Gasteiger partial charge in [0.15, 0.2) is 0 Å². The Kier molecular flexibility index (Phi) is 4.64. The maximum atomic E-state index is 6.08. The van der Waals surface area contributed by atoms with E-state index in [9.17, 15) is 0 Å². The molecule has 1 heterocycles. The molecule has 1 aromatic heterocycles. The van der Waals surface area contributed by atoms with Crippen molar-refractivity contribution in [3.8, 4) is 0 Å². The van der Waals surface area contributed by atoms with Crippen molar-refractivity contribution in [1.29, 1.82) is 0 Å². The summed E-state index contributed by atoms with van der Waals surface area (Å²) in [5.74, 6) is 0. The molecule has 96 valence electrons. The van der Waals surface area contributed by atoms with E-state index in [4.69, 9.17) is 27.9 Å². The predicted molar refractivity (Wildman–Crippen MR) is 76.8 cm³/mol. The summed E-state index contributed by atoms with van der Waals surface area (Å²) < 4.78 is 4.99. The Morgan fingerprint density at radius 2 is 2.22 bits per heavy atom. The Hall–Kier alpha value is -1.03. The number of methoxy groups -OCH3 is 1. The molecular weight excluding hydrogens is 271 g/mol. The molecule has 3 nitrogen and oxygen atoms in total. The van der Waals surface area contributed by atoms with E-state index in [0.29, 0.717) is 18.2 Å². The van der Waals surface area contributed by atoms with Gasteiger partial charge in [-0.3, -0.25) is 4.98 Å². The van der Waals surface area contributed by atoms with E-state index in [0.717, 1.165) is 16.6 Å². The van der Waals surface area contributed by atoms with Crippen molar-refractivity contribution in [3.63, 3.8) is 0 Å². The largest absolute Gasteiger partial charge is 0.383 e. The number of rotatable bonds is 5. The van der Waals surface area contributed by atoms with E-state index in [1.54, 1.807) is 13.3 Å². The van der Waals surface area contributed by atoms with Gasteiger partial charge in [-0.15, -0.1) is 11.6 Å². The van der Waals surface area contributed by atoms with Crippen molar-refractivity contribution in [3.05, 3.63) is 35.5 Å². The number of nitrogens with zero attached hydrogens (tertiary/aromatic N) is 1. The molecule has 1 N–H and O–H groups in total. The quantitative estimate of drug-likeness (QED) is 0.853. The lowest BCUT2D eigenvalue weighted by Crippen LogP contribution is -2.19. The third-order valence-electron chi connectivity index (χ3n) is 2.57. The minimum Gasteiger partial charge on any atom is -0.383 e. The zero-order valence-electron chi connectivity index (χ0n) is 9.99. The van der Waals surface area contributed by atoms with Crippen LogP contribution in [0.1, 0.15) is 0 Å². The number of hydrogen-bond donors (Lipinski definition) is 1. The van der Waals surface area contributed by atoms with Crippen molar-refractivity contribution in [2.45, 2.75) is 5.38 Å². The van der Waals surface area contributed by atoms with E-state index in [2.05, 4.69) is 10.3 Å². The molecule has 0 aliphatic rings. The summed E-state index contributed by atoms with van der Waals surface area (Å²) >= 11 is 12.0. The molecule has 18 heavy (non-hydrogen) atoms. The first-order chi connectivity index (χ1) is 8.70. The lowest BCUT2D eigenvalue weighted by Gasteiger charge is -2.12. The van der Waals surface area contributed by atoms with Gasteiger partial charge in [0.25, 0.3) is 0 Å². The Morgan fingerprint density at radius 1 is 1.39 bits per heavy atom. The highest BCUT2D eigenvalue weighted by atomic mass is 35.5. The average molecular weight is 285 g/mol. The number of nitrogens with one attached hydrogen (secondary N) is 1. The second kappa shape index (κ2) is 6.23. The van der Waals surface area contributed by atoms with Crippen LogP contribution in [0.5, 0.6) is 0 Å². The van der Waals surface area contributed by atoms with E-state index in [1.165, 1.54) is 0 Å². The molecule has 0 saturated heterocycles. The third kappa shape index (κ3) is 3.25. The number of halogens is 2. The van der Waals surface area contributed by atoms with Gasteiger partial charge in [0.1, 0.15) is 0 Å². The van der Waals surface area contributed by atoms with Crippen molar-refractivity contribution >= 4 is 39.8 Å². The monoisotopic (exact) mass is 284 g/mol. The normalized spacial score (nSPS) is 12.6. The van der Waals surface area contributed by atoms with Gasteiger partial charge >= 0.3 is 0 Å². The van der Waals surface area contributed by atoms with Crippen molar-refractivity contribution in [1.82, 2.24) is 4.98 Å². The minimum atomic E-state index is -0.0643. The zero-order valence-corrected chi connectivity index (χ0v) is 11.5. The van der Waals surface area contributed by atoms with Crippen molar-refractivity contribution < 1.29 is 4.74 Å². The van der Waals surface area contributed by atoms with Gasteiger partial charge in [-0.25, -0.2) is 0 Å². The Morgan fingerprint density at radius 3 is 3.00 bits per heavy atom. The molecule has 0 fully saturated rings. The van der Waals surface area contributed by atoms with Crippen molar-refractivity contribution in [2.75, 3.05) is 25.6 Å². The van der Waals surface area contributed by atoms with Crippen LogP contribution in [0.2, 0.25) is 5.02 Å². The second-order valence-corrected chi connectivity index (χ2v) is 5.01. The predicted octanol–water partition coefficient (Wildman–Crippen LogP) is 3.55. The molecule has 1 atom stereocenters. The molecule has 0 spiro atoms. The number of ether oxygens (including phenoxy) is 1. The summed E-state index contributed by atoms with van der Waals surface area (Å²) in [6.45, 7) is 1.15. The van der Waals surface area contributed by atoms with Gasteiger partial charge in [0, 0.05) is 35.9 Å². The van der Waals surface area contributed by atoms with Crippen LogP contribution >= 0.6 is 23.2 Å². The summed E-state index contributed by atoms with van der Waals surface area (Å²) in [4.78, 5) is 4.28. The number of alkyl halides is 1. The molecule has 0 saturated carbocycles. The topological polar surface area (TPSA) is 34.1 Å². The SMILES string of the molecule is COCC(Cl)CNc1ccnc2cc(Cl)ccc12. The highest BCUT2D eigenvalue weighted by Crippen LogP contribution is 2.24. The molecule has 1 unspecified atom stereocenters. The Balaban J connectivity index is 2.18. The number of hydrogen-bond acceptors (Lipinski definition) is 3. The fourth-order valence-electron chi connectivity index (χ4n) is 1.74. The molecule has 0 aliphatic heterocycles. The Bertz CT molecular complexity index is 533. The standard InChI is InChI=1S/C13H14Cl2N2O/c1-18-8-10(15)7-17-12-4-5-16-13-6-9(14)2-3-11(12)13/h2-6,10H,7-8H2,1H3,(H,16,17). The number of anilines is 1. The highest BCUT2D eigenvalue weighted by Gasteiger charge is 2.06. The molecule has 2 rings (SSSR count). The van der Waals surface area contributed by atoms with Crippen LogP contribution in [0.4, 0.5) is 5.69 Å². The lowest BCUT2D eigenvalue weighted by molar-refractivity contribution is 0.200. The zero-order chi connectivity index (χ0) is 13.0. The van der Waals surface area contributed by atoms with Crippen LogP contribution in [-0.4, -0.2) is 30.6 Å². The summed E-state index contributed by atoms with van der Waals surface area (Å²) in [5.41, 5.74) is 1.86. The van der Waals surface area contributed by atoms with E-state index in [1.807, 2.05) is 24.3 Å². The maximum Gasteiger partial charge on any atom is 0.0741 e. The number of pyridine rings is 1.